The molecular formula is C21H28ClN3O2S. The van der Waals surface area contributed by atoms with Crippen LogP contribution in [-0.4, -0.2) is 26.5 Å². The number of nitrogens with one attached hydrogen (secondary N) is 2. The Morgan fingerprint density at radius 3 is 2.57 bits per heavy atom. The summed E-state index contributed by atoms with van der Waals surface area (Å²) in [6.07, 6.45) is 3.69. The van der Waals surface area contributed by atoms with Crippen LogP contribution in [-0.2, 0) is 30.1 Å². The molecule has 1 aromatic carbocycles. The maximum absolute atomic E-state index is 11.7. The van der Waals surface area contributed by atoms with E-state index in [0.29, 0.717) is 12.2 Å². The molecule has 0 saturated carbocycles. The molecule has 7 heteroatoms. The van der Waals surface area contributed by atoms with Crippen LogP contribution in [0.2, 0.25) is 5.02 Å². The van der Waals surface area contributed by atoms with Gasteiger partial charge in [-0.3, -0.25) is 4.98 Å². The fourth-order valence-corrected chi connectivity index (χ4v) is 4.94. The van der Waals surface area contributed by atoms with Gasteiger partial charge in [-0.15, -0.1) is 0 Å². The number of hydrogen-bond acceptors (Lipinski definition) is 5. The second-order valence-corrected chi connectivity index (χ2v) is 9.80. The summed E-state index contributed by atoms with van der Waals surface area (Å²) >= 11 is 6.47. The quantitative estimate of drug-likeness (QED) is 0.641. The van der Waals surface area contributed by atoms with E-state index in [-0.39, 0.29) is 0 Å². The first-order valence-corrected chi connectivity index (χ1v) is 11.2. The first-order chi connectivity index (χ1) is 13.3. The van der Waals surface area contributed by atoms with Crippen molar-refractivity contribution in [3.05, 3.63) is 57.9 Å². The van der Waals surface area contributed by atoms with Crippen molar-refractivity contribution in [2.75, 3.05) is 18.4 Å². The van der Waals surface area contributed by atoms with E-state index >= 15 is 0 Å². The van der Waals surface area contributed by atoms with E-state index in [9.17, 15) is 8.42 Å². The summed E-state index contributed by atoms with van der Waals surface area (Å²) in [4.78, 5) is 4.44. The molecule has 0 radical (unpaired) electrons. The Hall–Kier alpha value is -1.63. The second kappa shape index (κ2) is 8.80. The normalized spacial score (nSPS) is 15.8. The lowest BCUT2D eigenvalue weighted by molar-refractivity contribution is 0.383. The van der Waals surface area contributed by atoms with Crippen molar-refractivity contribution in [2.45, 2.75) is 45.4 Å². The van der Waals surface area contributed by atoms with Gasteiger partial charge in [0.15, 0.2) is 0 Å². The summed E-state index contributed by atoms with van der Waals surface area (Å²) in [7, 11) is -2.60. The number of rotatable bonds is 5. The molecule has 152 valence electrons. The maximum atomic E-state index is 11.7. The average Bonchev–Trinajstić information content (AvgIpc) is 2.86. The standard InChI is InChI=1S/C21H28ClN3O2S/c1-21(2,3)20(28(26)27)18-7-4-14(12-24-18)13-25-19-16-9-11-23-10-8-15(16)5-6-17(19)22/h4-7,12,20,23,25,28H,8-11,13H2,1-3H3. The molecule has 1 atom stereocenters. The van der Waals surface area contributed by atoms with Crippen LogP contribution in [0.3, 0.4) is 0 Å². The fourth-order valence-electron chi connectivity index (χ4n) is 3.70. The fraction of sp³-hybridized carbons (Fsp3) is 0.476. The number of pyridine rings is 1. The van der Waals surface area contributed by atoms with Gasteiger partial charge in [-0.2, -0.15) is 0 Å². The van der Waals surface area contributed by atoms with E-state index in [1.165, 1.54) is 11.1 Å². The van der Waals surface area contributed by atoms with Gasteiger partial charge in [0.25, 0.3) is 0 Å². The van der Waals surface area contributed by atoms with Gasteiger partial charge in [0.1, 0.15) is 16.0 Å². The Kier molecular flexibility index (Phi) is 6.63. The van der Waals surface area contributed by atoms with Crippen molar-refractivity contribution in [1.29, 1.82) is 0 Å². The van der Waals surface area contributed by atoms with Gasteiger partial charge in [-0.1, -0.05) is 44.5 Å². The lowest BCUT2D eigenvalue weighted by Gasteiger charge is -2.25. The summed E-state index contributed by atoms with van der Waals surface area (Å²) in [5, 5.41) is 7.01. The molecule has 0 saturated heterocycles. The third-order valence-electron chi connectivity index (χ3n) is 5.11. The Balaban J connectivity index is 1.78. The van der Waals surface area contributed by atoms with E-state index in [0.717, 1.165) is 42.2 Å². The number of thiol groups is 1. The molecule has 0 fully saturated rings. The van der Waals surface area contributed by atoms with Crippen LogP contribution in [0.25, 0.3) is 0 Å². The summed E-state index contributed by atoms with van der Waals surface area (Å²) in [6.45, 7) is 8.25. The molecule has 2 N–H and O–H groups in total. The lowest BCUT2D eigenvalue weighted by Crippen LogP contribution is -2.21. The first-order valence-electron chi connectivity index (χ1n) is 9.60. The molecule has 28 heavy (non-hydrogen) atoms. The average molecular weight is 422 g/mol. The van der Waals surface area contributed by atoms with Crippen molar-refractivity contribution in [1.82, 2.24) is 10.3 Å². The lowest BCUT2D eigenvalue weighted by atomic mass is 9.89. The van der Waals surface area contributed by atoms with Gasteiger partial charge in [-0.25, -0.2) is 8.42 Å². The number of fused-ring (bicyclic) bond motifs is 1. The topological polar surface area (TPSA) is 71.1 Å². The van der Waals surface area contributed by atoms with Gasteiger partial charge >= 0.3 is 0 Å². The molecule has 0 aliphatic carbocycles. The molecule has 3 rings (SSSR count). The zero-order valence-corrected chi connectivity index (χ0v) is 18.2. The van der Waals surface area contributed by atoms with Gasteiger partial charge < -0.3 is 10.6 Å². The molecule has 1 aliphatic rings. The van der Waals surface area contributed by atoms with Crippen molar-refractivity contribution in [3.8, 4) is 0 Å². The first kappa shape index (κ1) is 21.1. The smallest absolute Gasteiger partial charge is 0.149 e. The van der Waals surface area contributed by atoms with Gasteiger partial charge in [0, 0.05) is 12.7 Å². The van der Waals surface area contributed by atoms with Crippen molar-refractivity contribution in [2.24, 2.45) is 5.41 Å². The number of hydrogen-bond donors (Lipinski definition) is 3. The summed E-state index contributed by atoms with van der Waals surface area (Å²) in [5.74, 6) is 0. The van der Waals surface area contributed by atoms with Crippen molar-refractivity contribution < 1.29 is 8.42 Å². The molecule has 1 unspecified atom stereocenters. The van der Waals surface area contributed by atoms with E-state index in [4.69, 9.17) is 11.6 Å². The Morgan fingerprint density at radius 2 is 1.93 bits per heavy atom. The van der Waals surface area contributed by atoms with Crippen LogP contribution in [0.4, 0.5) is 5.69 Å². The molecule has 0 amide bonds. The third kappa shape index (κ3) is 4.85. The van der Waals surface area contributed by atoms with E-state index < -0.39 is 21.4 Å². The predicted molar refractivity (Wildman–Crippen MR) is 116 cm³/mol. The number of halogens is 1. The van der Waals surface area contributed by atoms with Gasteiger partial charge in [-0.05, 0) is 60.2 Å². The Bertz CT molecular complexity index is 897. The van der Waals surface area contributed by atoms with Crippen LogP contribution < -0.4 is 10.6 Å². The molecule has 1 aliphatic heterocycles. The Morgan fingerprint density at radius 1 is 1.18 bits per heavy atom. The van der Waals surface area contributed by atoms with Crippen LogP contribution >= 0.6 is 11.6 Å². The summed E-state index contributed by atoms with van der Waals surface area (Å²) in [6, 6.07) is 7.82. The monoisotopic (exact) mass is 421 g/mol. The highest BCUT2D eigenvalue weighted by Crippen LogP contribution is 2.35. The third-order valence-corrected chi connectivity index (χ3v) is 6.89. The highest BCUT2D eigenvalue weighted by molar-refractivity contribution is 7.72. The number of nitrogens with zero attached hydrogens (tertiary/aromatic N) is 1. The minimum absolute atomic E-state index is 0.398. The van der Waals surface area contributed by atoms with Crippen LogP contribution in [0, 0.1) is 5.41 Å². The molecule has 0 spiro atoms. The van der Waals surface area contributed by atoms with Gasteiger partial charge in [0.2, 0.25) is 0 Å². The second-order valence-electron chi connectivity index (χ2n) is 8.31. The summed E-state index contributed by atoms with van der Waals surface area (Å²) in [5.41, 5.74) is 4.77. The molecule has 2 heterocycles. The minimum atomic E-state index is -2.60. The molecule has 5 nitrogen and oxygen atoms in total. The largest absolute Gasteiger partial charge is 0.379 e. The highest BCUT2D eigenvalue weighted by atomic mass is 35.5. The molecule has 2 aromatic rings. The van der Waals surface area contributed by atoms with E-state index in [1.54, 1.807) is 6.20 Å². The van der Waals surface area contributed by atoms with Gasteiger partial charge in [0.05, 0.1) is 16.4 Å². The van der Waals surface area contributed by atoms with E-state index in [1.807, 2.05) is 39.0 Å². The zero-order chi connectivity index (χ0) is 20.3. The zero-order valence-electron chi connectivity index (χ0n) is 16.6. The number of aromatic nitrogens is 1. The van der Waals surface area contributed by atoms with Crippen molar-refractivity contribution in [3.63, 3.8) is 0 Å². The number of anilines is 1. The maximum Gasteiger partial charge on any atom is 0.149 e. The van der Waals surface area contributed by atoms with Crippen LogP contribution in [0.5, 0.6) is 0 Å². The predicted octanol–water partition coefficient (Wildman–Crippen LogP) is 3.73. The summed E-state index contributed by atoms with van der Waals surface area (Å²) < 4.78 is 23.4. The molecule has 0 bridgehead atoms. The van der Waals surface area contributed by atoms with Crippen LogP contribution in [0.15, 0.2) is 30.5 Å². The number of benzene rings is 1. The Labute approximate surface area is 173 Å². The SMILES string of the molecule is CC(C)(C)C(c1ccc(CNc2c(Cl)ccc3c2CCNCC3)cn1)[SH](=O)=O. The molecular weight excluding hydrogens is 394 g/mol. The highest BCUT2D eigenvalue weighted by Gasteiger charge is 2.30. The van der Waals surface area contributed by atoms with E-state index in [2.05, 4.69) is 21.7 Å². The molecule has 1 aromatic heterocycles. The van der Waals surface area contributed by atoms with Crippen LogP contribution in [0.1, 0.15) is 48.4 Å². The van der Waals surface area contributed by atoms with Crippen molar-refractivity contribution >= 4 is 28.0 Å². The minimum Gasteiger partial charge on any atom is -0.379 e.